The van der Waals surface area contributed by atoms with Crippen molar-refractivity contribution in [1.29, 1.82) is 0 Å². The van der Waals surface area contributed by atoms with Crippen LogP contribution in [0.1, 0.15) is 74.8 Å². The van der Waals surface area contributed by atoms with E-state index >= 15 is 0 Å². The van der Waals surface area contributed by atoms with Gasteiger partial charge in [-0.2, -0.15) is 0 Å². The largest absolute Gasteiger partial charge is 0.488 e. The summed E-state index contributed by atoms with van der Waals surface area (Å²) in [7, 11) is 0. The van der Waals surface area contributed by atoms with Gasteiger partial charge < -0.3 is 9.47 Å². The number of para-hydroxylation sites is 1. The molecule has 0 amide bonds. The van der Waals surface area contributed by atoms with Crippen LogP contribution in [0.4, 0.5) is 0 Å². The van der Waals surface area contributed by atoms with Crippen molar-refractivity contribution < 1.29 is 14.3 Å². The van der Waals surface area contributed by atoms with Gasteiger partial charge in [0.05, 0.1) is 28.5 Å². The summed E-state index contributed by atoms with van der Waals surface area (Å²) in [5.74, 6) is 0.615. The summed E-state index contributed by atoms with van der Waals surface area (Å²) in [4.78, 5) is 33.0. The summed E-state index contributed by atoms with van der Waals surface area (Å²) in [6.45, 7) is 8.79. The van der Waals surface area contributed by atoms with Crippen LogP contribution in [-0.4, -0.2) is 17.1 Å². The number of aromatic nitrogens is 1. The first-order valence-electron chi connectivity index (χ1n) is 14.5. The second kappa shape index (κ2) is 13.2. The number of hydrogen-bond acceptors (Lipinski definition) is 6. The fourth-order valence-corrected chi connectivity index (χ4v) is 6.12. The van der Waals surface area contributed by atoms with Gasteiger partial charge in [-0.05, 0) is 48.1 Å². The predicted octanol–water partition coefficient (Wildman–Crippen LogP) is 6.28. The molecule has 0 aliphatic carbocycles. The third kappa shape index (κ3) is 6.16. The van der Waals surface area contributed by atoms with Gasteiger partial charge in [0.1, 0.15) is 12.4 Å². The molecule has 0 bridgehead atoms. The molecule has 1 aliphatic heterocycles. The minimum Gasteiger partial charge on any atom is -0.488 e. The lowest BCUT2D eigenvalue weighted by molar-refractivity contribution is -0.139. The summed E-state index contributed by atoms with van der Waals surface area (Å²) >= 11 is 1.33. The average molecular weight is 581 g/mol. The molecule has 0 fully saturated rings. The molecule has 4 aromatic rings. The Kier molecular flexibility index (Phi) is 9.18. The van der Waals surface area contributed by atoms with Crippen molar-refractivity contribution in [3.63, 3.8) is 0 Å². The Bertz CT molecular complexity index is 1770. The Morgan fingerprint density at radius 3 is 2.40 bits per heavy atom. The zero-order valence-corrected chi connectivity index (χ0v) is 25.3. The summed E-state index contributed by atoms with van der Waals surface area (Å²) in [5, 5.41) is 0. The van der Waals surface area contributed by atoms with Gasteiger partial charge >= 0.3 is 5.97 Å². The van der Waals surface area contributed by atoms with E-state index < -0.39 is 12.0 Å². The molecule has 0 unspecified atom stereocenters. The van der Waals surface area contributed by atoms with Gasteiger partial charge in [-0.1, -0.05) is 111 Å². The highest BCUT2D eigenvalue weighted by atomic mass is 32.1. The number of carbonyl (C=O) groups is 1. The van der Waals surface area contributed by atoms with E-state index in [2.05, 4.69) is 32.9 Å². The van der Waals surface area contributed by atoms with E-state index in [0.29, 0.717) is 45.3 Å². The molecule has 1 atom stereocenters. The van der Waals surface area contributed by atoms with Gasteiger partial charge in [0.2, 0.25) is 0 Å². The van der Waals surface area contributed by atoms with Gasteiger partial charge in [-0.3, -0.25) is 9.36 Å². The molecule has 0 saturated carbocycles. The second-order valence-electron chi connectivity index (χ2n) is 10.5. The Hall–Kier alpha value is -4.23. The van der Waals surface area contributed by atoms with Gasteiger partial charge in [-0.15, -0.1) is 0 Å². The van der Waals surface area contributed by atoms with E-state index in [-0.39, 0.29) is 12.2 Å². The molecule has 2 heterocycles. The summed E-state index contributed by atoms with van der Waals surface area (Å²) in [6.07, 6.45) is 3.27. The lowest BCUT2D eigenvalue weighted by Gasteiger charge is -2.26. The summed E-state index contributed by atoms with van der Waals surface area (Å²) < 4.78 is 13.8. The molecule has 5 rings (SSSR count). The minimum absolute atomic E-state index is 0.202. The number of hydrogen-bond donors (Lipinski definition) is 0. The Morgan fingerprint density at radius 1 is 1.00 bits per heavy atom. The van der Waals surface area contributed by atoms with E-state index in [9.17, 15) is 9.59 Å². The van der Waals surface area contributed by atoms with Crippen molar-refractivity contribution in [1.82, 2.24) is 4.57 Å². The average Bonchev–Trinajstić information content (AvgIpc) is 3.31. The standard InChI is InChI=1S/C35H36N2O4S/c1-5-12-28-31(34(39)40-6-2)32(26-19-17-25(18-20-26)23(3)4)37-33(38)30(42-35(37)36-28)21-27-15-10-11-16-29(27)41-22-24-13-8-7-9-14-24/h7-11,13-21,23,32H,5-6,12,22H2,1-4H3/b30-21+/t32-/m1/s1. The number of carbonyl (C=O) groups excluding carboxylic acids is 1. The lowest BCUT2D eigenvalue weighted by atomic mass is 9.92. The molecule has 6 nitrogen and oxygen atoms in total. The molecule has 216 valence electrons. The van der Waals surface area contributed by atoms with Gasteiger partial charge in [0, 0.05) is 5.56 Å². The molecule has 0 radical (unpaired) electrons. The van der Waals surface area contributed by atoms with Crippen molar-refractivity contribution in [2.75, 3.05) is 6.61 Å². The third-order valence-electron chi connectivity index (χ3n) is 7.25. The third-order valence-corrected chi connectivity index (χ3v) is 8.24. The number of fused-ring (bicyclic) bond motifs is 1. The number of nitrogens with zero attached hydrogens (tertiary/aromatic N) is 2. The quantitative estimate of drug-likeness (QED) is 0.207. The van der Waals surface area contributed by atoms with Crippen LogP contribution >= 0.6 is 11.3 Å². The van der Waals surface area contributed by atoms with Crippen LogP contribution in [-0.2, 0) is 16.1 Å². The van der Waals surface area contributed by atoms with Crippen molar-refractivity contribution in [2.45, 2.75) is 59.1 Å². The molecule has 1 aliphatic rings. The highest BCUT2D eigenvalue weighted by Crippen LogP contribution is 2.33. The molecule has 42 heavy (non-hydrogen) atoms. The number of rotatable bonds is 10. The van der Waals surface area contributed by atoms with E-state index in [1.807, 2.05) is 72.8 Å². The molecule has 0 N–H and O–H groups in total. The van der Waals surface area contributed by atoms with Crippen LogP contribution in [0.2, 0.25) is 0 Å². The van der Waals surface area contributed by atoms with Crippen molar-refractivity contribution >= 4 is 23.4 Å². The normalized spacial score (nSPS) is 15.0. The van der Waals surface area contributed by atoms with Crippen molar-refractivity contribution in [3.8, 4) is 5.75 Å². The zero-order valence-electron chi connectivity index (χ0n) is 24.5. The van der Waals surface area contributed by atoms with E-state index in [1.165, 1.54) is 16.9 Å². The zero-order chi connectivity index (χ0) is 29.6. The number of thiazole rings is 1. The number of allylic oxidation sites excluding steroid dienone is 1. The van der Waals surface area contributed by atoms with Crippen LogP contribution in [0.3, 0.4) is 0 Å². The van der Waals surface area contributed by atoms with Gasteiger partial charge in [0.25, 0.3) is 5.56 Å². The summed E-state index contributed by atoms with van der Waals surface area (Å²) in [5.41, 5.74) is 4.81. The smallest absolute Gasteiger partial charge is 0.338 e. The number of ether oxygens (including phenoxy) is 2. The van der Waals surface area contributed by atoms with Crippen LogP contribution in [0.25, 0.3) is 6.08 Å². The molecule has 1 aromatic heterocycles. The van der Waals surface area contributed by atoms with E-state index in [1.54, 1.807) is 11.5 Å². The van der Waals surface area contributed by atoms with Crippen molar-refractivity contribution in [2.24, 2.45) is 4.99 Å². The SMILES string of the molecule is CCCC1=C(C(=O)OCC)[C@@H](c2ccc(C(C)C)cc2)n2c(s/c(=C/c3ccccc3OCc3ccccc3)c2=O)=N1. The first-order chi connectivity index (χ1) is 20.4. The van der Waals surface area contributed by atoms with Crippen LogP contribution in [0.15, 0.2) is 99.9 Å². The number of benzene rings is 3. The van der Waals surface area contributed by atoms with Crippen molar-refractivity contribution in [3.05, 3.63) is 132 Å². The van der Waals surface area contributed by atoms with Crippen LogP contribution in [0.5, 0.6) is 5.75 Å². The first kappa shape index (κ1) is 29.3. The molecule has 0 saturated heterocycles. The molecular weight excluding hydrogens is 544 g/mol. The fourth-order valence-electron chi connectivity index (χ4n) is 5.11. The molecular formula is C35H36N2O4S. The summed E-state index contributed by atoms with van der Waals surface area (Å²) in [6, 6.07) is 25.2. The Balaban J connectivity index is 1.64. The molecule has 0 spiro atoms. The Labute approximate surface area is 250 Å². The van der Waals surface area contributed by atoms with E-state index in [4.69, 9.17) is 14.5 Å². The topological polar surface area (TPSA) is 69.9 Å². The Morgan fingerprint density at radius 2 is 1.71 bits per heavy atom. The molecule has 3 aromatic carbocycles. The maximum atomic E-state index is 14.1. The highest BCUT2D eigenvalue weighted by Gasteiger charge is 2.34. The predicted molar refractivity (Wildman–Crippen MR) is 167 cm³/mol. The van der Waals surface area contributed by atoms with Gasteiger partial charge in [-0.25, -0.2) is 9.79 Å². The highest BCUT2D eigenvalue weighted by molar-refractivity contribution is 7.07. The first-order valence-corrected chi connectivity index (χ1v) is 15.3. The maximum Gasteiger partial charge on any atom is 0.338 e. The maximum absolute atomic E-state index is 14.1. The lowest BCUT2D eigenvalue weighted by Crippen LogP contribution is -2.40. The molecule has 7 heteroatoms. The monoisotopic (exact) mass is 580 g/mol. The van der Waals surface area contributed by atoms with Crippen LogP contribution < -0.4 is 19.6 Å². The van der Waals surface area contributed by atoms with E-state index in [0.717, 1.165) is 23.1 Å². The minimum atomic E-state index is -0.630. The second-order valence-corrected chi connectivity index (χ2v) is 11.6. The van der Waals surface area contributed by atoms with Crippen LogP contribution in [0, 0.1) is 0 Å². The fraction of sp³-hybridized carbons (Fsp3) is 0.286. The van der Waals surface area contributed by atoms with Gasteiger partial charge in [0.15, 0.2) is 4.80 Å². The number of esters is 1.